The lowest BCUT2D eigenvalue weighted by Gasteiger charge is -2.42. The van der Waals surface area contributed by atoms with Crippen molar-refractivity contribution < 1.29 is 9.84 Å². The average Bonchev–Trinajstić information content (AvgIpc) is 2.22. The molecule has 1 fully saturated rings. The van der Waals surface area contributed by atoms with Crippen LogP contribution in [-0.2, 0) is 4.74 Å². The Hall–Kier alpha value is -0.120. The summed E-state index contributed by atoms with van der Waals surface area (Å²) in [6.45, 7) is 7.05. The van der Waals surface area contributed by atoms with Crippen LogP contribution in [0.3, 0.4) is 0 Å². The zero-order valence-corrected chi connectivity index (χ0v) is 11.2. The summed E-state index contributed by atoms with van der Waals surface area (Å²) in [6.07, 6.45) is 3.38. The molecule has 1 aliphatic carbocycles. The van der Waals surface area contributed by atoms with Crippen LogP contribution in [0.2, 0.25) is 0 Å². The number of methoxy groups -OCH3 is 1. The number of hydrogen-bond acceptors (Lipinski definition) is 3. The number of aliphatic hydroxyl groups is 1. The lowest BCUT2D eigenvalue weighted by Crippen LogP contribution is -2.44. The van der Waals surface area contributed by atoms with E-state index in [4.69, 9.17) is 4.74 Å². The van der Waals surface area contributed by atoms with Crippen LogP contribution < -0.4 is 0 Å². The van der Waals surface area contributed by atoms with E-state index in [9.17, 15) is 5.11 Å². The summed E-state index contributed by atoms with van der Waals surface area (Å²) in [5.74, 6) is 0.422. The molecule has 2 atom stereocenters. The summed E-state index contributed by atoms with van der Waals surface area (Å²) in [7, 11) is 3.83. The molecule has 1 aliphatic rings. The number of rotatable bonds is 5. The van der Waals surface area contributed by atoms with Crippen molar-refractivity contribution in [2.24, 2.45) is 11.3 Å². The van der Waals surface area contributed by atoms with Crippen LogP contribution in [-0.4, -0.2) is 50.0 Å². The van der Waals surface area contributed by atoms with Gasteiger partial charge >= 0.3 is 0 Å². The number of likely N-dealkylation sites (N-methyl/N-ethyl adjacent to an activating group) is 1. The Bertz CT molecular complexity index is 206. The fraction of sp³-hybridized carbons (Fsp3) is 1.00. The molecule has 1 N–H and O–H groups in total. The van der Waals surface area contributed by atoms with Crippen molar-refractivity contribution in [3.05, 3.63) is 0 Å². The molecule has 3 nitrogen and oxygen atoms in total. The van der Waals surface area contributed by atoms with E-state index in [1.807, 2.05) is 0 Å². The number of ether oxygens (including phenoxy) is 1. The van der Waals surface area contributed by atoms with Crippen LogP contribution in [0.5, 0.6) is 0 Å². The molecule has 0 bridgehead atoms. The predicted molar refractivity (Wildman–Crippen MR) is 66.5 cm³/mol. The summed E-state index contributed by atoms with van der Waals surface area (Å²) in [6, 6.07) is 0. The molecule has 0 saturated heterocycles. The van der Waals surface area contributed by atoms with E-state index in [0.29, 0.717) is 5.92 Å². The molecule has 1 rings (SSSR count). The van der Waals surface area contributed by atoms with Crippen molar-refractivity contribution in [1.29, 1.82) is 0 Å². The van der Waals surface area contributed by atoms with Gasteiger partial charge in [-0.3, -0.25) is 0 Å². The molecule has 1 saturated carbocycles. The van der Waals surface area contributed by atoms with Gasteiger partial charge in [0.1, 0.15) is 0 Å². The second-order valence-corrected chi connectivity index (χ2v) is 5.84. The van der Waals surface area contributed by atoms with Gasteiger partial charge in [-0.25, -0.2) is 0 Å². The van der Waals surface area contributed by atoms with E-state index in [1.54, 1.807) is 7.11 Å². The Morgan fingerprint density at radius 1 is 1.44 bits per heavy atom. The Morgan fingerprint density at radius 2 is 2.12 bits per heavy atom. The fourth-order valence-electron chi connectivity index (χ4n) is 2.69. The lowest BCUT2D eigenvalue weighted by atomic mass is 9.69. The maximum absolute atomic E-state index is 10.3. The van der Waals surface area contributed by atoms with Gasteiger partial charge in [0.05, 0.1) is 12.7 Å². The van der Waals surface area contributed by atoms with Crippen molar-refractivity contribution in [3.8, 4) is 0 Å². The first kappa shape index (κ1) is 13.9. The maximum atomic E-state index is 10.3. The Labute approximate surface area is 99.8 Å². The molecule has 0 spiro atoms. The molecule has 96 valence electrons. The third-order valence-electron chi connectivity index (χ3n) is 3.87. The average molecular weight is 229 g/mol. The van der Waals surface area contributed by atoms with E-state index in [1.165, 1.54) is 6.42 Å². The van der Waals surface area contributed by atoms with Crippen LogP contribution in [0.1, 0.15) is 33.1 Å². The molecule has 2 unspecified atom stereocenters. The summed E-state index contributed by atoms with van der Waals surface area (Å²) < 4.78 is 5.07. The van der Waals surface area contributed by atoms with Crippen LogP contribution in [0.25, 0.3) is 0 Å². The van der Waals surface area contributed by atoms with Gasteiger partial charge in [-0.05, 0) is 31.2 Å². The summed E-state index contributed by atoms with van der Waals surface area (Å²) >= 11 is 0. The third-order valence-corrected chi connectivity index (χ3v) is 3.87. The highest BCUT2D eigenvalue weighted by Crippen LogP contribution is 2.39. The van der Waals surface area contributed by atoms with E-state index >= 15 is 0 Å². The molecule has 3 heteroatoms. The van der Waals surface area contributed by atoms with Gasteiger partial charge in [0.15, 0.2) is 0 Å². The highest BCUT2D eigenvalue weighted by atomic mass is 16.5. The minimum atomic E-state index is -0.161. The first-order chi connectivity index (χ1) is 7.47. The molecule has 16 heavy (non-hydrogen) atoms. The topological polar surface area (TPSA) is 32.7 Å². The lowest BCUT2D eigenvalue weighted by molar-refractivity contribution is -0.0420. The molecule has 0 radical (unpaired) electrons. The minimum Gasteiger partial charge on any atom is -0.392 e. The number of aliphatic hydroxyl groups excluding tert-OH is 1. The smallest absolute Gasteiger partial charge is 0.0631 e. The zero-order valence-electron chi connectivity index (χ0n) is 11.2. The van der Waals surface area contributed by atoms with Crippen molar-refractivity contribution in [2.45, 2.75) is 39.2 Å². The SMILES string of the molecule is COCCN(C)CC1CCCC(C)(C)C1O. The van der Waals surface area contributed by atoms with Gasteiger partial charge in [-0.2, -0.15) is 0 Å². The van der Waals surface area contributed by atoms with Crippen LogP contribution in [0, 0.1) is 11.3 Å². The molecule has 0 aliphatic heterocycles. The van der Waals surface area contributed by atoms with Gasteiger partial charge < -0.3 is 14.7 Å². The van der Waals surface area contributed by atoms with E-state index in [-0.39, 0.29) is 11.5 Å². The third kappa shape index (κ3) is 3.72. The van der Waals surface area contributed by atoms with Crippen molar-refractivity contribution in [1.82, 2.24) is 4.90 Å². The Morgan fingerprint density at radius 3 is 2.75 bits per heavy atom. The number of nitrogens with zero attached hydrogens (tertiary/aromatic N) is 1. The molecular formula is C13H27NO2. The van der Waals surface area contributed by atoms with Crippen LogP contribution >= 0.6 is 0 Å². The largest absolute Gasteiger partial charge is 0.392 e. The second kappa shape index (κ2) is 5.99. The summed E-state index contributed by atoms with van der Waals surface area (Å²) in [5.41, 5.74) is 0.0883. The second-order valence-electron chi connectivity index (χ2n) is 5.84. The molecule has 0 aromatic carbocycles. The van der Waals surface area contributed by atoms with Gasteiger partial charge in [0.25, 0.3) is 0 Å². The predicted octanol–water partition coefficient (Wildman–Crippen LogP) is 1.75. The first-order valence-electron chi connectivity index (χ1n) is 6.33. The van der Waals surface area contributed by atoms with Gasteiger partial charge in [0.2, 0.25) is 0 Å². The highest BCUT2D eigenvalue weighted by molar-refractivity contribution is 4.89. The minimum absolute atomic E-state index is 0.0883. The Balaban J connectivity index is 2.41. The van der Waals surface area contributed by atoms with Crippen molar-refractivity contribution >= 4 is 0 Å². The normalized spacial score (nSPS) is 29.6. The number of hydrogen-bond donors (Lipinski definition) is 1. The van der Waals surface area contributed by atoms with Crippen LogP contribution in [0.15, 0.2) is 0 Å². The van der Waals surface area contributed by atoms with Gasteiger partial charge in [0, 0.05) is 20.2 Å². The molecule has 0 heterocycles. The molecule has 0 aromatic rings. The molecule has 0 aromatic heterocycles. The van der Waals surface area contributed by atoms with Gasteiger partial charge in [-0.15, -0.1) is 0 Å². The van der Waals surface area contributed by atoms with Crippen LogP contribution in [0.4, 0.5) is 0 Å². The standard InChI is InChI=1S/C13H27NO2/c1-13(2)7-5-6-11(12(13)15)10-14(3)8-9-16-4/h11-12,15H,5-10H2,1-4H3. The Kier molecular flexibility index (Phi) is 5.22. The fourth-order valence-corrected chi connectivity index (χ4v) is 2.69. The quantitative estimate of drug-likeness (QED) is 0.779. The highest BCUT2D eigenvalue weighted by Gasteiger charge is 2.37. The van der Waals surface area contributed by atoms with E-state index < -0.39 is 0 Å². The molecule has 0 amide bonds. The van der Waals surface area contributed by atoms with E-state index in [2.05, 4.69) is 25.8 Å². The monoisotopic (exact) mass is 229 g/mol. The van der Waals surface area contributed by atoms with Crippen molar-refractivity contribution in [3.63, 3.8) is 0 Å². The summed E-state index contributed by atoms with van der Waals surface area (Å²) in [5, 5.41) is 10.3. The van der Waals surface area contributed by atoms with Gasteiger partial charge in [-0.1, -0.05) is 20.3 Å². The van der Waals surface area contributed by atoms with E-state index in [0.717, 1.165) is 32.5 Å². The van der Waals surface area contributed by atoms with Crippen molar-refractivity contribution in [2.75, 3.05) is 33.9 Å². The summed E-state index contributed by atoms with van der Waals surface area (Å²) in [4.78, 5) is 2.26. The zero-order chi connectivity index (χ0) is 12.2. The maximum Gasteiger partial charge on any atom is 0.0631 e. The first-order valence-corrected chi connectivity index (χ1v) is 6.33. The molecular weight excluding hydrogens is 202 g/mol.